The Balaban J connectivity index is 2.01. The molecule has 0 saturated heterocycles. The zero-order valence-electron chi connectivity index (χ0n) is 13.6. The summed E-state index contributed by atoms with van der Waals surface area (Å²) in [5.74, 6) is 0. The van der Waals surface area contributed by atoms with Gasteiger partial charge in [0.25, 0.3) is 0 Å². The molecule has 0 bridgehead atoms. The molecule has 0 radical (unpaired) electrons. The minimum Gasteiger partial charge on any atom is -0.358 e. The summed E-state index contributed by atoms with van der Waals surface area (Å²) in [5.41, 5.74) is 2.07. The summed E-state index contributed by atoms with van der Waals surface area (Å²) in [7, 11) is -1.83. The van der Waals surface area contributed by atoms with Crippen molar-refractivity contribution < 1.29 is 8.42 Å². The summed E-state index contributed by atoms with van der Waals surface area (Å²) >= 11 is 17.3. The van der Waals surface area contributed by atoms with E-state index in [2.05, 4.69) is 10.6 Å². The van der Waals surface area contributed by atoms with Gasteiger partial charge in [0.15, 0.2) is 5.11 Å². The van der Waals surface area contributed by atoms with Gasteiger partial charge in [0, 0.05) is 29.3 Å². The minimum absolute atomic E-state index is 0.394. The first-order chi connectivity index (χ1) is 11.7. The van der Waals surface area contributed by atoms with Crippen LogP contribution in [-0.4, -0.2) is 26.8 Å². The molecule has 2 aromatic carbocycles. The minimum atomic E-state index is -3.32. The predicted molar refractivity (Wildman–Crippen MR) is 109 cm³/mol. The smallest absolute Gasteiger partial charge is 0.231 e. The van der Waals surface area contributed by atoms with Gasteiger partial charge in [-0.2, -0.15) is 0 Å². The number of sulfonamides is 1. The van der Waals surface area contributed by atoms with Crippen LogP contribution < -0.4 is 14.9 Å². The van der Waals surface area contributed by atoms with Gasteiger partial charge < -0.3 is 10.6 Å². The van der Waals surface area contributed by atoms with Crippen molar-refractivity contribution in [1.29, 1.82) is 0 Å². The van der Waals surface area contributed by atoms with Gasteiger partial charge >= 0.3 is 0 Å². The Hall–Kier alpha value is -1.54. The molecule has 2 aromatic rings. The van der Waals surface area contributed by atoms with E-state index in [-0.39, 0.29) is 0 Å². The molecule has 0 atom stereocenters. The predicted octanol–water partition coefficient (Wildman–Crippen LogP) is 3.88. The second-order valence-corrected chi connectivity index (χ2v) is 8.59. The van der Waals surface area contributed by atoms with Gasteiger partial charge in [-0.15, -0.1) is 0 Å². The number of hydrogen-bond donors (Lipinski definition) is 2. The quantitative estimate of drug-likeness (QED) is 0.722. The third-order valence-corrected chi connectivity index (χ3v) is 5.46. The highest BCUT2D eigenvalue weighted by Gasteiger charge is 2.12. The molecule has 0 aliphatic rings. The molecule has 0 saturated carbocycles. The van der Waals surface area contributed by atoms with E-state index in [0.717, 1.165) is 11.8 Å². The molecule has 2 N–H and O–H groups in total. The number of anilines is 2. The number of nitrogens with zero attached hydrogens (tertiary/aromatic N) is 1. The van der Waals surface area contributed by atoms with Gasteiger partial charge in [0.2, 0.25) is 10.0 Å². The summed E-state index contributed by atoms with van der Waals surface area (Å²) in [5, 5.41) is 7.59. The molecule has 0 heterocycles. The molecule has 9 heteroatoms. The van der Waals surface area contributed by atoms with E-state index in [4.69, 9.17) is 35.4 Å². The molecule has 5 nitrogen and oxygen atoms in total. The monoisotopic (exact) mass is 417 g/mol. The highest BCUT2D eigenvalue weighted by Crippen LogP contribution is 2.22. The lowest BCUT2D eigenvalue weighted by atomic mass is 10.2. The molecule has 0 unspecified atom stereocenters. The van der Waals surface area contributed by atoms with Crippen molar-refractivity contribution in [3.63, 3.8) is 0 Å². The van der Waals surface area contributed by atoms with Crippen LogP contribution in [0.15, 0.2) is 42.5 Å². The highest BCUT2D eigenvalue weighted by molar-refractivity contribution is 7.92. The number of halogens is 2. The van der Waals surface area contributed by atoms with Gasteiger partial charge in [0.05, 0.1) is 11.9 Å². The fraction of sp³-hybridized carbons (Fsp3) is 0.188. The Kier molecular flexibility index (Phi) is 6.51. The van der Waals surface area contributed by atoms with Crippen molar-refractivity contribution in [2.75, 3.05) is 22.9 Å². The molecule has 0 amide bonds. The van der Waals surface area contributed by atoms with Gasteiger partial charge in [-0.25, -0.2) is 8.42 Å². The summed E-state index contributed by atoms with van der Waals surface area (Å²) in [6.07, 6.45) is 1.15. The Morgan fingerprint density at radius 2 is 1.92 bits per heavy atom. The van der Waals surface area contributed by atoms with E-state index in [1.807, 2.05) is 6.07 Å². The molecule has 2 rings (SSSR count). The van der Waals surface area contributed by atoms with Crippen molar-refractivity contribution in [2.45, 2.75) is 6.54 Å². The van der Waals surface area contributed by atoms with Gasteiger partial charge in [0.1, 0.15) is 0 Å². The average molecular weight is 418 g/mol. The number of hydrogen-bond acceptors (Lipinski definition) is 3. The van der Waals surface area contributed by atoms with E-state index in [1.165, 1.54) is 11.4 Å². The summed E-state index contributed by atoms with van der Waals surface area (Å²) in [6.45, 7) is 0.435. The second kappa shape index (κ2) is 8.23. The van der Waals surface area contributed by atoms with Crippen LogP contribution in [0.3, 0.4) is 0 Å². The molecule has 0 fully saturated rings. The third-order valence-electron chi connectivity index (χ3n) is 3.42. The molecule has 0 spiro atoms. The topological polar surface area (TPSA) is 61.4 Å². The lowest BCUT2D eigenvalue weighted by Crippen LogP contribution is -2.28. The third kappa shape index (κ3) is 5.74. The van der Waals surface area contributed by atoms with Gasteiger partial charge in [-0.1, -0.05) is 35.3 Å². The molecule has 0 aliphatic heterocycles. The Labute approximate surface area is 163 Å². The second-order valence-electron chi connectivity index (χ2n) is 5.32. The molecular weight excluding hydrogens is 401 g/mol. The highest BCUT2D eigenvalue weighted by atomic mass is 35.5. The molecule has 0 aromatic heterocycles. The maximum Gasteiger partial charge on any atom is 0.231 e. The van der Waals surface area contributed by atoms with Crippen molar-refractivity contribution in [3.05, 3.63) is 58.1 Å². The zero-order chi connectivity index (χ0) is 18.6. The van der Waals surface area contributed by atoms with Crippen molar-refractivity contribution in [3.8, 4) is 0 Å². The van der Waals surface area contributed by atoms with Crippen LogP contribution in [0.1, 0.15) is 5.56 Å². The molecule has 0 aliphatic carbocycles. The molecule has 25 heavy (non-hydrogen) atoms. The maximum absolute atomic E-state index is 11.6. The van der Waals surface area contributed by atoms with Crippen molar-refractivity contribution in [1.82, 2.24) is 5.32 Å². The summed E-state index contributed by atoms with van der Waals surface area (Å²) in [6, 6.07) is 12.2. The van der Waals surface area contributed by atoms with E-state index in [9.17, 15) is 8.42 Å². The summed E-state index contributed by atoms with van der Waals surface area (Å²) < 4.78 is 24.4. The van der Waals surface area contributed by atoms with Crippen LogP contribution in [0.2, 0.25) is 10.0 Å². The number of thiocarbonyl (C=S) groups is 1. The van der Waals surface area contributed by atoms with Crippen LogP contribution >= 0.6 is 35.4 Å². The van der Waals surface area contributed by atoms with Crippen LogP contribution in [-0.2, 0) is 16.6 Å². The van der Waals surface area contributed by atoms with Gasteiger partial charge in [-0.05, 0) is 48.1 Å². The number of nitrogens with one attached hydrogen (secondary N) is 2. The SMILES string of the molecule is CN(c1cccc(NC(=S)NCc2ccc(Cl)cc2Cl)c1)S(C)(=O)=O. The first-order valence-electron chi connectivity index (χ1n) is 7.19. The Bertz CT molecular complexity index is 889. The largest absolute Gasteiger partial charge is 0.358 e. The lowest BCUT2D eigenvalue weighted by Gasteiger charge is -2.18. The van der Waals surface area contributed by atoms with E-state index in [0.29, 0.717) is 33.1 Å². The standard InChI is InChI=1S/C16H17Cl2N3O2S2/c1-21(25(2,22)23)14-5-3-4-13(9-14)20-16(24)19-10-11-6-7-12(17)8-15(11)18/h3-9H,10H2,1-2H3,(H2,19,20,24). The Morgan fingerprint density at radius 1 is 1.20 bits per heavy atom. The van der Waals surface area contributed by atoms with Crippen molar-refractivity contribution in [2.24, 2.45) is 0 Å². The van der Waals surface area contributed by atoms with E-state index < -0.39 is 10.0 Å². The van der Waals surface area contributed by atoms with Crippen molar-refractivity contribution >= 4 is 61.9 Å². The lowest BCUT2D eigenvalue weighted by molar-refractivity contribution is 0.600. The zero-order valence-corrected chi connectivity index (χ0v) is 16.7. The normalized spacial score (nSPS) is 11.0. The number of benzene rings is 2. The van der Waals surface area contributed by atoms with Gasteiger partial charge in [-0.3, -0.25) is 4.31 Å². The summed E-state index contributed by atoms with van der Waals surface area (Å²) in [4.78, 5) is 0. The van der Waals surface area contributed by atoms with Crippen LogP contribution in [0.5, 0.6) is 0 Å². The molecule has 134 valence electrons. The van der Waals surface area contributed by atoms with Crippen LogP contribution in [0.4, 0.5) is 11.4 Å². The number of rotatable bonds is 5. The maximum atomic E-state index is 11.6. The first kappa shape index (κ1) is 19.8. The fourth-order valence-electron chi connectivity index (χ4n) is 1.99. The first-order valence-corrected chi connectivity index (χ1v) is 10.2. The Morgan fingerprint density at radius 3 is 2.56 bits per heavy atom. The van der Waals surface area contributed by atoms with Crippen LogP contribution in [0, 0.1) is 0 Å². The van der Waals surface area contributed by atoms with E-state index in [1.54, 1.807) is 36.4 Å². The fourth-order valence-corrected chi connectivity index (χ4v) is 3.15. The molecular formula is C16H17Cl2N3O2S2. The average Bonchev–Trinajstić information content (AvgIpc) is 2.52. The van der Waals surface area contributed by atoms with E-state index >= 15 is 0 Å². The van der Waals surface area contributed by atoms with Crippen LogP contribution in [0.25, 0.3) is 0 Å².